The van der Waals surface area contributed by atoms with E-state index < -0.39 is 0 Å². The van der Waals surface area contributed by atoms with Crippen molar-refractivity contribution in [2.45, 2.75) is 26.7 Å². The number of methoxy groups -OCH3 is 1. The van der Waals surface area contributed by atoms with Crippen LogP contribution in [0.5, 0.6) is 5.75 Å². The van der Waals surface area contributed by atoms with E-state index in [1.807, 2.05) is 24.3 Å². The maximum Gasteiger partial charge on any atom is 0.157 e. The normalized spacial score (nSPS) is 17.2. The topological polar surface area (TPSA) is 26.3 Å². The predicted octanol–water partition coefficient (Wildman–Crippen LogP) is 3.36. The third-order valence-corrected chi connectivity index (χ3v) is 3.12. The molecular formula is C17H18O2. The standard InChI is InChI=1S/C17H18O2/c1-17(2)11-13(10-15(18)12-17)8-9-14-6-4-5-7-16(14)19-3/h4-7,10H,11-12H2,1-3H3. The zero-order chi connectivity index (χ0) is 13.9. The number of para-hydroxylation sites is 1. The van der Waals surface area contributed by atoms with E-state index in [9.17, 15) is 4.79 Å². The minimum absolute atomic E-state index is 0.0105. The largest absolute Gasteiger partial charge is 0.495 e. The van der Waals surface area contributed by atoms with Crippen molar-refractivity contribution < 1.29 is 9.53 Å². The van der Waals surface area contributed by atoms with Crippen LogP contribution in [0.3, 0.4) is 0 Å². The maximum absolute atomic E-state index is 11.7. The number of allylic oxidation sites excluding steroid dienone is 2. The van der Waals surface area contributed by atoms with Crippen molar-refractivity contribution >= 4 is 5.78 Å². The number of hydrogen-bond acceptors (Lipinski definition) is 2. The van der Waals surface area contributed by atoms with Crippen LogP contribution in [-0.4, -0.2) is 12.9 Å². The number of ketones is 1. The van der Waals surface area contributed by atoms with E-state index in [2.05, 4.69) is 25.7 Å². The number of benzene rings is 1. The van der Waals surface area contributed by atoms with Crippen LogP contribution >= 0.6 is 0 Å². The Morgan fingerprint density at radius 2 is 1.89 bits per heavy atom. The Labute approximate surface area is 114 Å². The smallest absolute Gasteiger partial charge is 0.157 e. The fraction of sp³-hybridized carbons (Fsp3) is 0.353. The first-order valence-electron chi connectivity index (χ1n) is 6.39. The molecule has 0 heterocycles. The molecule has 2 rings (SSSR count). The first kappa shape index (κ1) is 13.4. The van der Waals surface area contributed by atoms with Crippen LogP contribution in [-0.2, 0) is 4.79 Å². The molecule has 0 radical (unpaired) electrons. The van der Waals surface area contributed by atoms with E-state index in [0.29, 0.717) is 6.42 Å². The van der Waals surface area contributed by atoms with Crippen molar-refractivity contribution in [3.05, 3.63) is 41.5 Å². The summed E-state index contributed by atoms with van der Waals surface area (Å²) in [5, 5.41) is 0. The SMILES string of the molecule is COc1ccccc1C#CC1=CC(=O)CC(C)(C)C1. The highest BCUT2D eigenvalue weighted by molar-refractivity contribution is 5.92. The van der Waals surface area contributed by atoms with E-state index in [1.165, 1.54) is 0 Å². The molecular weight excluding hydrogens is 236 g/mol. The third-order valence-electron chi connectivity index (χ3n) is 3.12. The molecule has 0 amide bonds. The Balaban J connectivity index is 2.27. The predicted molar refractivity (Wildman–Crippen MR) is 76.0 cm³/mol. The second-order valence-electron chi connectivity index (χ2n) is 5.60. The van der Waals surface area contributed by atoms with E-state index >= 15 is 0 Å². The van der Waals surface area contributed by atoms with Gasteiger partial charge in [-0.25, -0.2) is 0 Å². The van der Waals surface area contributed by atoms with Crippen molar-refractivity contribution in [1.29, 1.82) is 0 Å². The van der Waals surface area contributed by atoms with Crippen molar-refractivity contribution in [1.82, 2.24) is 0 Å². The first-order valence-corrected chi connectivity index (χ1v) is 6.39. The summed E-state index contributed by atoms with van der Waals surface area (Å²) in [6.45, 7) is 4.20. The molecule has 0 aromatic heterocycles. The number of hydrogen-bond donors (Lipinski definition) is 0. The highest BCUT2D eigenvalue weighted by atomic mass is 16.5. The van der Waals surface area contributed by atoms with Crippen LogP contribution in [0.15, 0.2) is 35.9 Å². The van der Waals surface area contributed by atoms with Crippen LogP contribution in [0.25, 0.3) is 0 Å². The van der Waals surface area contributed by atoms with Gasteiger partial charge in [-0.3, -0.25) is 4.79 Å². The lowest BCUT2D eigenvalue weighted by molar-refractivity contribution is -0.116. The molecule has 19 heavy (non-hydrogen) atoms. The lowest BCUT2D eigenvalue weighted by Crippen LogP contribution is -2.21. The third kappa shape index (κ3) is 3.48. The summed E-state index contributed by atoms with van der Waals surface area (Å²) >= 11 is 0. The van der Waals surface area contributed by atoms with Gasteiger partial charge < -0.3 is 4.74 Å². The Bertz CT molecular complexity index is 583. The summed E-state index contributed by atoms with van der Waals surface area (Å²) in [6.07, 6.45) is 3.13. The quantitative estimate of drug-likeness (QED) is 0.718. The Hall–Kier alpha value is -2.01. The number of ether oxygens (including phenoxy) is 1. The molecule has 0 spiro atoms. The van der Waals surface area contributed by atoms with Crippen LogP contribution in [0.1, 0.15) is 32.3 Å². The van der Waals surface area contributed by atoms with Gasteiger partial charge in [0.2, 0.25) is 0 Å². The number of carbonyl (C=O) groups is 1. The van der Waals surface area contributed by atoms with Gasteiger partial charge in [0.1, 0.15) is 5.75 Å². The molecule has 2 nitrogen and oxygen atoms in total. The second kappa shape index (κ2) is 5.32. The van der Waals surface area contributed by atoms with Gasteiger partial charge in [0, 0.05) is 12.0 Å². The molecule has 0 saturated heterocycles. The summed E-state index contributed by atoms with van der Waals surface area (Å²) in [5.74, 6) is 7.13. The molecule has 98 valence electrons. The van der Waals surface area contributed by atoms with Gasteiger partial charge in [0.05, 0.1) is 12.7 Å². The molecule has 1 aromatic rings. The average molecular weight is 254 g/mol. The van der Waals surface area contributed by atoms with Gasteiger partial charge in [-0.2, -0.15) is 0 Å². The maximum atomic E-state index is 11.7. The monoisotopic (exact) mass is 254 g/mol. The van der Waals surface area contributed by atoms with Crippen molar-refractivity contribution in [3.63, 3.8) is 0 Å². The minimum atomic E-state index is 0.0105. The first-order chi connectivity index (χ1) is 9.00. The molecule has 0 saturated carbocycles. The second-order valence-corrected chi connectivity index (χ2v) is 5.60. The molecule has 0 fully saturated rings. The fourth-order valence-corrected chi connectivity index (χ4v) is 2.32. The van der Waals surface area contributed by atoms with Gasteiger partial charge >= 0.3 is 0 Å². The van der Waals surface area contributed by atoms with Gasteiger partial charge in [0.25, 0.3) is 0 Å². The average Bonchev–Trinajstić information content (AvgIpc) is 2.34. The molecule has 0 bridgehead atoms. The van der Waals surface area contributed by atoms with Gasteiger partial charge in [-0.1, -0.05) is 37.8 Å². The summed E-state index contributed by atoms with van der Waals surface area (Å²) < 4.78 is 5.26. The fourth-order valence-electron chi connectivity index (χ4n) is 2.32. The van der Waals surface area contributed by atoms with E-state index in [4.69, 9.17) is 4.74 Å². The molecule has 1 aliphatic rings. The van der Waals surface area contributed by atoms with E-state index in [0.717, 1.165) is 23.3 Å². The molecule has 1 aromatic carbocycles. The van der Waals surface area contributed by atoms with Crippen LogP contribution in [0.4, 0.5) is 0 Å². The molecule has 1 aliphatic carbocycles. The Morgan fingerprint density at radius 1 is 1.16 bits per heavy atom. The minimum Gasteiger partial charge on any atom is -0.495 e. The summed E-state index contributed by atoms with van der Waals surface area (Å²) in [5.41, 5.74) is 1.77. The van der Waals surface area contributed by atoms with Crippen molar-refractivity contribution in [2.24, 2.45) is 5.41 Å². The molecule has 0 N–H and O–H groups in total. The summed E-state index contributed by atoms with van der Waals surface area (Å²) in [7, 11) is 1.63. The zero-order valence-electron chi connectivity index (χ0n) is 11.6. The lowest BCUT2D eigenvalue weighted by Gasteiger charge is -2.26. The van der Waals surface area contributed by atoms with E-state index in [-0.39, 0.29) is 11.2 Å². The van der Waals surface area contributed by atoms with Crippen LogP contribution in [0, 0.1) is 17.3 Å². The van der Waals surface area contributed by atoms with Gasteiger partial charge in [-0.15, -0.1) is 0 Å². The molecule has 2 heteroatoms. The summed E-state index contributed by atoms with van der Waals surface area (Å²) in [6, 6.07) is 7.64. The molecule has 0 aliphatic heterocycles. The Kier molecular flexibility index (Phi) is 3.76. The van der Waals surface area contributed by atoms with E-state index in [1.54, 1.807) is 13.2 Å². The summed E-state index contributed by atoms with van der Waals surface area (Å²) in [4.78, 5) is 11.7. The number of carbonyl (C=O) groups excluding carboxylic acids is 1. The molecule has 0 unspecified atom stereocenters. The lowest BCUT2D eigenvalue weighted by atomic mass is 9.77. The van der Waals surface area contributed by atoms with Gasteiger partial charge in [0.15, 0.2) is 5.78 Å². The van der Waals surface area contributed by atoms with Crippen molar-refractivity contribution in [3.8, 4) is 17.6 Å². The van der Waals surface area contributed by atoms with Crippen LogP contribution < -0.4 is 4.74 Å². The van der Waals surface area contributed by atoms with Crippen molar-refractivity contribution in [2.75, 3.05) is 7.11 Å². The van der Waals surface area contributed by atoms with Crippen LogP contribution in [0.2, 0.25) is 0 Å². The zero-order valence-corrected chi connectivity index (χ0v) is 11.6. The highest BCUT2D eigenvalue weighted by Crippen LogP contribution is 2.33. The number of rotatable bonds is 1. The molecule has 0 atom stereocenters. The Morgan fingerprint density at radius 3 is 2.58 bits per heavy atom. The van der Waals surface area contributed by atoms with Gasteiger partial charge in [-0.05, 0) is 30.0 Å². The highest BCUT2D eigenvalue weighted by Gasteiger charge is 2.26.